The minimum atomic E-state index is -0.892. The number of hydrogen-bond acceptors (Lipinski definition) is 2. The van der Waals surface area contributed by atoms with Crippen LogP contribution in [0.5, 0.6) is 0 Å². The van der Waals surface area contributed by atoms with Crippen LogP contribution in [-0.4, -0.2) is 21.4 Å². The molecule has 1 N–H and O–H groups in total. The Morgan fingerprint density at radius 3 is 2.33 bits per heavy atom. The fourth-order valence-corrected chi connectivity index (χ4v) is 4.66. The number of nitrogens with zero attached hydrogens (tertiary/aromatic N) is 1. The number of carbonyl (C=O) groups is 2. The van der Waals surface area contributed by atoms with Gasteiger partial charge in [-0.2, -0.15) is 0 Å². The predicted octanol–water partition coefficient (Wildman–Crippen LogP) is 7.00. The van der Waals surface area contributed by atoms with Crippen LogP contribution in [0.2, 0.25) is 5.02 Å². The second-order valence-corrected chi connectivity index (χ2v) is 9.35. The van der Waals surface area contributed by atoms with Gasteiger partial charge in [0.15, 0.2) is 5.78 Å². The molecule has 2 aromatic carbocycles. The molecular weight excluding hydrogens is 441 g/mol. The number of aliphatic carboxylic acids is 1. The van der Waals surface area contributed by atoms with Gasteiger partial charge in [0.05, 0.1) is 0 Å². The van der Waals surface area contributed by atoms with Crippen LogP contribution in [0.25, 0.3) is 10.9 Å². The first-order chi connectivity index (χ1) is 15.8. The van der Waals surface area contributed by atoms with Gasteiger partial charge in [-0.05, 0) is 67.5 Å². The Kier molecular flexibility index (Phi) is 8.67. The van der Waals surface area contributed by atoms with Crippen molar-refractivity contribution in [2.24, 2.45) is 13.0 Å². The number of aromatic nitrogens is 1. The third-order valence-corrected chi connectivity index (χ3v) is 6.40. The lowest BCUT2D eigenvalue weighted by atomic mass is 9.94. The van der Waals surface area contributed by atoms with E-state index in [-0.39, 0.29) is 30.4 Å². The first-order valence-electron chi connectivity index (χ1n) is 11.5. The number of halogens is 2. The zero-order chi connectivity index (χ0) is 24.0. The van der Waals surface area contributed by atoms with E-state index in [9.17, 15) is 14.0 Å². The van der Waals surface area contributed by atoms with Gasteiger partial charge in [0.25, 0.3) is 0 Å². The third kappa shape index (κ3) is 6.67. The number of carboxylic acid groups (broad SMARTS) is 1. The van der Waals surface area contributed by atoms with Crippen molar-refractivity contribution in [1.82, 2.24) is 4.57 Å². The maximum atomic E-state index is 13.2. The van der Waals surface area contributed by atoms with Gasteiger partial charge in [-0.15, -0.1) is 0 Å². The Balaban J connectivity index is 1.67. The van der Waals surface area contributed by atoms with Crippen molar-refractivity contribution in [2.45, 2.75) is 58.3 Å². The molecule has 0 radical (unpaired) electrons. The van der Waals surface area contributed by atoms with E-state index in [1.54, 1.807) is 6.92 Å². The molecule has 3 aromatic rings. The number of Topliss-reactive ketones (excluding diaryl/α,β-unsaturated/α-hetero) is 1. The van der Waals surface area contributed by atoms with Crippen molar-refractivity contribution >= 4 is 34.3 Å². The highest BCUT2D eigenvalue weighted by Crippen LogP contribution is 2.31. The predicted molar refractivity (Wildman–Crippen MR) is 131 cm³/mol. The lowest BCUT2D eigenvalue weighted by Crippen LogP contribution is -2.12. The molecule has 1 unspecified atom stereocenters. The molecule has 33 heavy (non-hydrogen) atoms. The molecule has 0 amide bonds. The van der Waals surface area contributed by atoms with Crippen molar-refractivity contribution < 1.29 is 19.1 Å². The summed E-state index contributed by atoms with van der Waals surface area (Å²) in [7, 11) is 1.97. The number of carbonyl (C=O) groups excluding carboxylic acids is 1. The van der Waals surface area contributed by atoms with Crippen LogP contribution in [0.15, 0.2) is 42.5 Å². The molecule has 0 saturated carbocycles. The fraction of sp³-hybridized carbons (Fsp3) is 0.407. The van der Waals surface area contributed by atoms with Gasteiger partial charge in [0, 0.05) is 47.1 Å². The van der Waals surface area contributed by atoms with Crippen LogP contribution in [0.1, 0.15) is 67.1 Å². The van der Waals surface area contributed by atoms with Crippen LogP contribution in [0, 0.1) is 11.7 Å². The Labute approximate surface area is 199 Å². The lowest BCUT2D eigenvalue weighted by molar-refractivity contribution is -0.137. The molecule has 0 fully saturated rings. The largest absolute Gasteiger partial charge is 0.481 e. The summed E-state index contributed by atoms with van der Waals surface area (Å²) < 4.78 is 15.1. The molecule has 0 aliphatic carbocycles. The van der Waals surface area contributed by atoms with Gasteiger partial charge in [0.2, 0.25) is 0 Å². The Hall–Kier alpha value is -2.66. The van der Waals surface area contributed by atoms with Gasteiger partial charge >= 0.3 is 5.97 Å². The van der Waals surface area contributed by atoms with Crippen LogP contribution in [0.4, 0.5) is 4.39 Å². The Morgan fingerprint density at radius 2 is 1.67 bits per heavy atom. The summed E-state index contributed by atoms with van der Waals surface area (Å²) in [6.45, 7) is 1.80. The lowest BCUT2D eigenvalue weighted by Gasteiger charge is -2.11. The summed E-state index contributed by atoms with van der Waals surface area (Å²) in [6, 6.07) is 12.2. The van der Waals surface area contributed by atoms with Crippen molar-refractivity contribution in [3.63, 3.8) is 0 Å². The average Bonchev–Trinajstić information content (AvgIpc) is 3.02. The van der Waals surface area contributed by atoms with E-state index in [4.69, 9.17) is 16.7 Å². The van der Waals surface area contributed by atoms with Crippen molar-refractivity contribution in [1.29, 1.82) is 0 Å². The van der Waals surface area contributed by atoms with E-state index in [2.05, 4.69) is 4.57 Å². The summed E-state index contributed by atoms with van der Waals surface area (Å²) in [4.78, 5) is 24.3. The molecule has 1 aromatic heterocycles. The van der Waals surface area contributed by atoms with Crippen LogP contribution in [-0.2, 0) is 24.7 Å². The quantitative estimate of drug-likeness (QED) is 0.228. The summed E-state index contributed by atoms with van der Waals surface area (Å²) in [6.07, 6.45) is 5.95. The summed E-state index contributed by atoms with van der Waals surface area (Å²) in [5.74, 6) is -1.36. The number of carboxylic acids is 1. The van der Waals surface area contributed by atoms with Gasteiger partial charge in [-0.25, -0.2) is 4.39 Å². The highest BCUT2D eigenvalue weighted by molar-refractivity contribution is 6.31. The smallest absolute Gasteiger partial charge is 0.303 e. The van der Waals surface area contributed by atoms with Crippen molar-refractivity contribution in [3.8, 4) is 0 Å². The maximum absolute atomic E-state index is 13.2. The summed E-state index contributed by atoms with van der Waals surface area (Å²) in [5, 5.41) is 10.5. The molecule has 4 nitrogen and oxygen atoms in total. The monoisotopic (exact) mass is 471 g/mol. The Bertz CT molecular complexity index is 1120. The van der Waals surface area contributed by atoms with E-state index < -0.39 is 5.97 Å². The van der Waals surface area contributed by atoms with E-state index in [0.29, 0.717) is 10.6 Å². The zero-order valence-electron chi connectivity index (χ0n) is 19.2. The number of ketones is 1. The first-order valence-corrected chi connectivity index (χ1v) is 11.9. The molecule has 6 heteroatoms. The summed E-state index contributed by atoms with van der Waals surface area (Å²) in [5.41, 5.74) is 3.77. The molecule has 0 spiro atoms. The van der Waals surface area contributed by atoms with Crippen LogP contribution >= 0.6 is 11.6 Å². The molecule has 3 rings (SSSR count). The minimum Gasteiger partial charge on any atom is -0.481 e. The van der Waals surface area contributed by atoms with Crippen LogP contribution in [0.3, 0.4) is 0 Å². The molecule has 0 aliphatic rings. The fourth-order valence-electron chi connectivity index (χ4n) is 4.49. The number of rotatable bonds is 12. The van der Waals surface area contributed by atoms with Crippen molar-refractivity contribution in [3.05, 3.63) is 70.1 Å². The van der Waals surface area contributed by atoms with E-state index in [0.717, 1.165) is 60.7 Å². The molecule has 0 bridgehead atoms. The van der Waals surface area contributed by atoms with Crippen molar-refractivity contribution in [2.75, 3.05) is 0 Å². The number of fused-ring (bicyclic) bond motifs is 1. The first kappa shape index (κ1) is 25.0. The normalized spacial score (nSPS) is 12.2. The summed E-state index contributed by atoms with van der Waals surface area (Å²) >= 11 is 6.23. The zero-order valence-corrected chi connectivity index (χ0v) is 20.0. The standard InChI is InChI=1S/C27H31ClFNO3/c1-18(16-26(32)33)15-25(31)27-22-17-20(28)11-14-23(22)30(2)24(27)8-6-4-3-5-7-19-9-12-21(29)13-10-19/h9-14,17-18H,3-8,15-16H2,1-2H3,(H,32,33). The highest BCUT2D eigenvalue weighted by atomic mass is 35.5. The number of hydrogen-bond donors (Lipinski definition) is 1. The Morgan fingerprint density at radius 1 is 1.00 bits per heavy atom. The van der Waals surface area contributed by atoms with Gasteiger partial charge in [-0.1, -0.05) is 43.5 Å². The second-order valence-electron chi connectivity index (χ2n) is 8.91. The van der Waals surface area contributed by atoms with E-state index in [1.165, 1.54) is 12.1 Å². The van der Waals surface area contributed by atoms with E-state index >= 15 is 0 Å². The molecule has 1 atom stereocenters. The molecular formula is C27H31ClFNO3. The number of unbranched alkanes of at least 4 members (excludes halogenated alkanes) is 3. The van der Waals surface area contributed by atoms with Gasteiger partial charge in [-0.3, -0.25) is 9.59 Å². The minimum absolute atomic E-state index is 0.0251. The molecule has 0 aliphatic heterocycles. The van der Waals surface area contributed by atoms with E-state index in [1.807, 2.05) is 37.4 Å². The average molecular weight is 472 g/mol. The SMILES string of the molecule is CC(CC(=O)O)CC(=O)c1c(CCCCCCc2ccc(F)cc2)n(C)c2ccc(Cl)cc12. The topological polar surface area (TPSA) is 59.3 Å². The highest BCUT2D eigenvalue weighted by Gasteiger charge is 2.23. The molecule has 176 valence electrons. The number of aryl methyl sites for hydroxylation is 2. The molecule has 1 heterocycles. The number of benzene rings is 2. The second kappa shape index (κ2) is 11.5. The molecule has 0 saturated heterocycles. The third-order valence-electron chi connectivity index (χ3n) is 6.16. The van der Waals surface area contributed by atoms with Crippen LogP contribution < -0.4 is 0 Å². The van der Waals surface area contributed by atoms with Gasteiger partial charge < -0.3 is 9.67 Å². The maximum Gasteiger partial charge on any atom is 0.303 e. The van der Waals surface area contributed by atoms with Gasteiger partial charge in [0.1, 0.15) is 5.82 Å².